The van der Waals surface area contributed by atoms with E-state index in [9.17, 15) is 14.4 Å². The summed E-state index contributed by atoms with van der Waals surface area (Å²) in [4.78, 5) is 33.1. The van der Waals surface area contributed by atoms with E-state index in [1.165, 1.54) is 70.6 Å². The Balaban J connectivity index is 1.04. The van der Waals surface area contributed by atoms with Gasteiger partial charge in [0.15, 0.2) is 0 Å². The van der Waals surface area contributed by atoms with Gasteiger partial charge in [0.25, 0.3) is 0 Å². The van der Waals surface area contributed by atoms with Gasteiger partial charge >= 0.3 is 7.60 Å². The molecule has 11 nitrogen and oxygen atoms in total. The van der Waals surface area contributed by atoms with E-state index in [1.54, 1.807) is 0 Å². The minimum Gasteiger partial charge on any atom is -0.383 e. The zero-order valence-electron chi connectivity index (χ0n) is 26.9. The molecule has 44 heavy (non-hydrogen) atoms. The number of piperazine rings is 1. The summed E-state index contributed by atoms with van der Waals surface area (Å²) in [5, 5.41) is 11.0. The third-order valence-corrected chi connectivity index (χ3v) is 11.6. The molecule has 0 aromatic carbocycles. The van der Waals surface area contributed by atoms with Crippen molar-refractivity contribution >= 4 is 25.2 Å². The molecule has 3 saturated carbocycles. The highest BCUT2D eigenvalue weighted by atomic mass is 31.2. The second-order valence-corrected chi connectivity index (χ2v) is 15.9. The largest absolute Gasteiger partial charge is 0.383 e. The Morgan fingerprint density at radius 1 is 0.909 bits per heavy atom. The van der Waals surface area contributed by atoms with Gasteiger partial charge in [0, 0.05) is 50.4 Å². The van der Waals surface area contributed by atoms with Gasteiger partial charge in [-0.3, -0.25) is 9.46 Å². The van der Waals surface area contributed by atoms with Crippen LogP contribution in [0.25, 0.3) is 0 Å². The number of nitrogens with one attached hydrogen (secondary N) is 3. The minimum atomic E-state index is -4.03. The Labute approximate surface area is 265 Å². The summed E-state index contributed by atoms with van der Waals surface area (Å²) in [5.74, 6) is 3.33. The van der Waals surface area contributed by atoms with E-state index >= 15 is 0 Å². The second kappa shape index (κ2) is 16.4. The normalized spacial score (nSPS) is 25.4. The maximum Gasteiger partial charge on any atom is 0.326 e. The lowest BCUT2D eigenvalue weighted by Gasteiger charge is -2.53. The Morgan fingerprint density at radius 3 is 2.34 bits per heavy atom. The predicted octanol–water partition coefficient (Wildman–Crippen LogP) is 4.18. The average Bonchev–Trinajstić information content (AvgIpc) is 3.02. The molecule has 0 unspecified atom stereocenters. The first-order chi connectivity index (χ1) is 21.3. The summed E-state index contributed by atoms with van der Waals surface area (Å²) < 4.78 is 11.6. The van der Waals surface area contributed by atoms with E-state index in [-0.39, 0.29) is 11.7 Å². The first kappa shape index (κ1) is 33.9. The fourth-order valence-corrected chi connectivity index (χ4v) is 8.70. The molecule has 12 heteroatoms. The van der Waals surface area contributed by atoms with Crippen LogP contribution in [0, 0.1) is 11.8 Å². The number of nitrogens with zero attached hydrogens (tertiary/aromatic N) is 4. The molecule has 1 spiro atoms. The Kier molecular flexibility index (Phi) is 12.6. The van der Waals surface area contributed by atoms with Crippen LogP contribution in [0.5, 0.6) is 0 Å². The van der Waals surface area contributed by atoms with Crippen molar-refractivity contribution in [2.45, 2.75) is 108 Å². The van der Waals surface area contributed by atoms with Crippen LogP contribution in [0.4, 0.5) is 17.6 Å². The lowest BCUT2D eigenvalue weighted by atomic mass is 9.78. The van der Waals surface area contributed by atoms with Crippen molar-refractivity contribution in [3.05, 3.63) is 6.07 Å². The van der Waals surface area contributed by atoms with Crippen LogP contribution in [-0.2, 0) is 4.57 Å². The van der Waals surface area contributed by atoms with Gasteiger partial charge in [0.05, 0.1) is 6.16 Å². The molecule has 1 saturated heterocycles. The predicted molar refractivity (Wildman–Crippen MR) is 179 cm³/mol. The lowest BCUT2D eigenvalue weighted by Crippen LogP contribution is -2.63. The minimum absolute atomic E-state index is 0.0711. The first-order valence-electron chi connectivity index (χ1n) is 17.7. The number of aromatic nitrogens is 2. The maximum absolute atomic E-state index is 11.6. The standard InChI is InChI=1S/C32H59N8O3P/c33-29-22-30(39-18-19-40(20-21-44(41,42)43)32(25-39)14-5-2-6-15-32)38-31(37-29)36-24-27-12-10-26(11-13-27)23-34-16-7-17-35-28-8-3-1-4-9-28/h22,26-28,34-35H,1-21,23-25H2,(H2,41,42,43)(H3,33,36,37,38). The summed E-state index contributed by atoms with van der Waals surface area (Å²) in [6, 6.07) is 2.63. The van der Waals surface area contributed by atoms with Crippen LogP contribution in [-0.4, -0.2) is 94.8 Å². The molecule has 0 amide bonds. The van der Waals surface area contributed by atoms with Gasteiger partial charge in [0.1, 0.15) is 11.6 Å². The molecular weight excluding hydrogens is 575 g/mol. The van der Waals surface area contributed by atoms with E-state index in [0.29, 0.717) is 24.2 Å². The molecule has 1 aromatic heterocycles. The van der Waals surface area contributed by atoms with Crippen molar-refractivity contribution in [3.8, 4) is 0 Å². The summed E-state index contributed by atoms with van der Waals surface area (Å²) in [6.07, 6.45) is 18.7. The highest BCUT2D eigenvalue weighted by Gasteiger charge is 2.43. The third kappa shape index (κ3) is 10.3. The van der Waals surface area contributed by atoms with Crippen LogP contribution < -0.4 is 26.6 Å². The molecule has 2 heterocycles. The highest BCUT2D eigenvalue weighted by Crippen LogP contribution is 2.40. The van der Waals surface area contributed by atoms with E-state index in [2.05, 4.69) is 30.7 Å². The van der Waals surface area contributed by atoms with E-state index in [0.717, 1.165) is 89.3 Å². The van der Waals surface area contributed by atoms with E-state index in [4.69, 9.17) is 10.7 Å². The van der Waals surface area contributed by atoms with Crippen molar-refractivity contribution in [1.82, 2.24) is 25.5 Å². The molecule has 1 aromatic rings. The van der Waals surface area contributed by atoms with Crippen molar-refractivity contribution in [3.63, 3.8) is 0 Å². The molecule has 3 aliphatic carbocycles. The lowest BCUT2D eigenvalue weighted by molar-refractivity contribution is 0.0432. The SMILES string of the molecule is Nc1cc(N2CCN(CCP(=O)(O)O)C3(CCCCC3)C2)nc(NCC2CCC(CNCCCNC3CCCCC3)CC2)n1. The molecular formula is C32H59N8O3P. The van der Waals surface area contributed by atoms with Gasteiger partial charge in [0.2, 0.25) is 5.95 Å². The van der Waals surface area contributed by atoms with Crippen molar-refractivity contribution in [2.75, 3.05) is 74.5 Å². The smallest absolute Gasteiger partial charge is 0.326 e. The molecule has 4 aliphatic rings. The van der Waals surface area contributed by atoms with Crippen LogP contribution in [0.2, 0.25) is 0 Å². The summed E-state index contributed by atoms with van der Waals surface area (Å²) >= 11 is 0. The van der Waals surface area contributed by atoms with Crippen molar-refractivity contribution in [1.29, 1.82) is 0 Å². The monoisotopic (exact) mass is 634 g/mol. The first-order valence-corrected chi connectivity index (χ1v) is 19.4. The van der Waals surface area contributed by atoms with Gasteiger partial charge in [-0.05, 0) is 89.3 Å². The van der Waals surface area contributed by atoms with Crippen LogP contribution in [0.3, 0.4) is 0 Å². The van der Waals surface area contributed by atoms with E-state index < -0.39 is 7.60 Å². The number of nitrogens with two attached hydrogens (primary N) is 1. The molecule has 5 rings (SSSR count). The van der Waals surface area contributed by atoms with Gasteiger partial charge in [-0.2, -0.15) is 9.97 Å². The topological polar surface area (TPSA) is 152 Å². The molecule has 0 bridgehead atoms. The summed E-state index contributed by atoms with van der Waals surface area (Å²) in [6.45, 7) is 7.03. The second-order valence-electron chi connectivity index (χ2n) is 14.2. The zero-order chi connectivity index (χ0) is 30.8. The molecule has 4 fully saturated rings. The maximum atomic E-state index is 11.6. The summed E-state index contributed by atoms with van der Waals surface area (Å²) in [5.41, 5.74) is 6.20. The fourth-order valence-electron chi connectivity index (χ4n) is 8.19. The fraction of sp³-hybridized carbons (Fsp3) is 0.875. The van der Waals surface area contributed by atoms with Gasteiger partial charge in [-0.25, -0.2) is 0 Å². The molecule has 0 radical (unpaired) electrons. The number of hydrogen-bond donors (Lipinski definition) is 6. The number of rotatable bonds is 14. The van der Waals surface area contributed by atoms with Crippen LogP contribution >= 0.6 is 7.60 Å². The van der Waals surface area contributed by atoms with Crippen LogP contribution in [0.1, 0.15) is 96.3 Å². The van der Waals surface area contributed by atoms with Crippen LogP contribution in [0.15, 0.2) is 6.07 Å². The number of hydrogen-bond acceptors (Lipinski definition) is 9. The van der Waals surface area contributed by atoms with Gasteiger partial charge in [-0.1, -0.05) is 38.5 Å². The Bertz CT molecular complexity index is 1050. The molecule has 0 atom stereocenters. The number of nitrogen functional groups attached to an aromatic ring is 1. The number of anilines is 3. The summed E-state index contributed by atoms with van der Waals surface area (Å²) in [7, 11) is -4.03. The zero-order valence-corrected chi connectivity index (χ0v) is 27.8. The molecule has 1 aliphatic heterocycles. The van der Waals surface area contributed by atoms with Gasteiger partial charge < -0.3 is 36.4 Å². The van der Waals surface area contributed by atoms with E-state index in [1.807, 2.05) is 6.07 Å². The average molecular weight is 635 g/mol. The Hall–Kier alpha value is -1.49. The van der Waals surface area contributed by atoms with Crippen molar-refractivity contribution < 1.29 is 14.4 Å². The highest BCUT2D eigenvalue weighted by molar-refractivity contribution is 7.51. The molecule has 250 valence electrons. The van der Waals surface area contributed by atoms with Gasteiger partial charge in [-0.15, -0.1) is 0 Å². The molecule has 7 N–H and O–H groups in total. The van der Waals surface area contributed by atoms with Crippen molar-refractivity contribution in [2.24, 2.45) is 11.8 Å². The quantitative estimate of drug-likeness (QED) is 0.129. The Morgan fingerprint density at radius 2 is 1.61 bits per heavy atom. The third-order valence-electron chi connectivity index (χ3n) is 10.8.